The van der Waals surface area contributed by atoms with Crippen LogP contribution in [0.25, 0.3) is 0 Å². The van der Waals surface area contributed by atoms with Gasteiger partial charge in [-0.05, 0) is 65.5 Å². The van der Waals surface area contributed by atoms with Crippen molar-refractivity contribution in [1.29, 1.82) is 0 Å². The summed E-state index contributed by atoms with van der Waals surface area (Å²) in [5, 5.41) is 3.23. The molecular formula is C14H33N3. The fraction of sp³-hybridized carbons (Fsp3) is 1.00. The molecule has 1 saturated heterocycles. The highest BCUT2D eigenvalue weighted by Gasteiger charge is 2.11. The molecule has 3 heteroatoms. The molecule has 1 fully saturated rings. The fourth-order valence-electron chi connectivity index (χ4n) is 2.60. The van der Waals surface area contributed by atoms with Crippen molar-refractivity contribution in [3.8, 4) is 0 Å². The van der Waals surface area contributed by atoms with Gasteiger partial charge in [0.2, 0.25) is 0 Å². The first kappa shape index (κ1) is 14.9. The summed E-state index contributed by atoms with van der Waals surface area (Å²) in [5.74, 6) is 0. The summed E-state index contributed by atoms with van der Waals surface area (Å²) in [5.41, 5.74) is 0. The predicted octanol–water partition coefficient (Wildman–Crippen LogP) is 2.04. The van der Waals surface area contributed by atoms with Crippen LogP contribution >= 0.6 is 0 Å². The summed E-state index contributed by atoms with van der Waals surface area (Å²) in [4.78, 5) is 5.27. The van der Waals surface area contributed by atoms with Crippen molar-refractivity contribution in [2.75, 3.05) is 52.9 Å². The van der Waals surface area contributed by atoms with Crippen molar-refractivity contribution in [2.24, 2.45) is 0 Å². The van der Waals surface area contributed by atoms with E-state index in [1.807, 2.05) is 7.05 Å². The summed E-state index contributed by atoms with van der Waals surface area (Å²) in [6.07, 6.45) is 6.81. The van der Waals surface area contributed by atoms with Gasteiger partial charge < -0.3 is 15.1 Å². The maximum absolute atomic E-state index is 3.23. The second kappa shape index (κ2) is 9.86. The Bertz CT molecular complexity index is 172. The van der Waals surface area contributed by atoms with Gasteiger partial charge in [0.1, 0.15) is 0 Å². The molecule has 17 heavy (non-hydrogen) atoms. The van der Waals surface area contributed by atoms with E-state index in [4.69, 9.17) is 0 Å². The average Bonchev–Trinajstić information content (AvgIpc) is 2.37. The van der Waals surface area contributed by atoms with Crippen molar-refractivity contribution in [3.63, 3.8) is 0 Å². The van der Waals surface area contributed by atoms with Gasteiger partial charge in [0, 0.05) is 14.5 Å². The van der Waals surface area contributed by atoms with E-state index in [1.54, 1.807) is 0 Å². The van der Waals surface area contributed by atoms with Gasteiger partial charge in [-0.1, -0.05) is 13.3 Å². The summed E-state index contributed by atoms with van der Waals surface area (Å²) in [7, 11) is 2.04. The molecule has 1 aliphatic heterocycles. The van der Waals surface area contributed by atoms with Gasteiger partial charge in [0.15, 0.2) is 0 Å². The summed E-state index contributed by atoms with van der Waals surface area (Å²) >= 11 is 0. The van der Waals surface area contributed by atoms with Crippen LogP contribution in [0.5, 0.6) is 0 Å². The number of nitrogens with zero attached hydrogens (tertiary/aromatic N) is 2. The maximum atomic E-state index is 3.23. The summed E-state index contributed by atoms with van der Waals surface area (Å²) in [6, 6.07) is 0. The van der Waals surface area contributed by atoms with E-state index < -0.39 is 0 Å². The first-order valence-electron chi connectivity index (χ1n) is 7.46. The molecule has 1 N–H and O–H groups in total. The standard InChI is InChI=1S/C14H31N3.H2/c1-3-9-16(12-7-8-15-2)13-14-17-10-5-4-6-11-17;/h15H,3-14H2,1-2H3;1H. The molecule has 0 aromatic rings. The van der Waals surface area contributed by atoms with Crippen LogP contribution in [0.3, 0.4) is 0 Å². The molecule has 1 aliphatic rings. The maximum Gasteiger partial charge on any atom is 0.0109 e. The predicted molar refractivity (Wildman–Crippen MR) is 77.7 cm³/mol. The van der Waals surface area contributed by atoms with Gasteiger partial charge in [-0.15, -0.1) is 0 Å². The minimum absolute atomic E-state index is 0. The monoisotopic (exact) mass is 243 g/mol. The molecule has 0 saturated carbocycles. The van der Waals surface area contributed by atoms with E-state index >= 15 is 0 Å². The largest absolute Gasteiger partial charge is 0.320 e. The molecule has 0 bridgehead atoms. The van der Waals surface area contributed by atoms with E-state index in [0.717, 1.165) is 6.54 Å². The van der Waals surface area contributed by atoms with Crippen LogP contribution in [-0.2, 0) is 0 Å². The third-order valence-corrected chi connectivity index (χ3v) is 3.62. The third kappa shape index (κ3) is 7.02. The van der Waals surface area contributed by atoms with Gasteiger partial charge in [-0.25, -0.2) is 0 Å². The van der Waals surface area contributed by atoms with Crippen LogP contribution < -0.4 is 5.32 Å². The van der Waals surface area contributed by atoms with Crippen LogP contribution in [0.4, 0.5) is 0 Å². The normalized spacial score (nSPS) is 17.8. The van der Waals surface area contributed by atoms with E-state index in [9.17, 15) is 0 Å². The molecule has 1 heterocycles. The van der Waals surface area contributed by atoms with Crippen LogP contribution in [0.15, 0.2) is 0 Å². The molecule has 0 amide bonds. The quantitative estimate of drug-likeness (QED) is 0.625. The zero-order valence-corrected chi connectivity index (χ0v) is 11.9. The number of hydrogen-bond acceptors (Lipinski definition) is 3. The van der Waals surface area contributed by atoms with E-state index in [1.165, 1.54) is 71.4 Å². The Morgan fingerprint density at radius 2 is 1.88 bits per heavy atom. The van der Waals surface area contributed by atoms with Crippen molar-refractivity contribution in [2.45, 2.75) is 39.0 Å². The fourth-order valence-corrected chi connectivity index (χ4v) is 2.60. The average molecular weight is 243 g/mol. The van der Waals surface area contributed by atoms with Gasteiger partial charge in [-0.3, -0.25) is 0 Å². The van der Waals surface area contributed by atoms with Crippen molar-refractivity contribution in [1.82, 2.24) is 15.1 Å². The Labute approximate surface area is 109 Å². The van der Waals surface area contributed by atoms with Gasteiger partial charge in [-0.2, -0.15) is 0 Å². The number of hydrogen-bond donors (Lipinski definition) is 1. The van der Waals surface area contributed by atoms with Crippen LogP contribution in [0.1, 0.15) is 40.5 Å². The summed E-state index contributed by atoms with van der Waals surface area (Å²) < 4.78 is 0. The first-order valence-corrected chi connectivity index (χ1v) is 7.46. The van der Waals surface area contributed by atoms with E-state index in [2.05, 4.69) is 22.0 Å². The molecule has 104 valence electrons. The van der Waals surface area contributed by atoms with Crippen LogP contribution in [-0.4, -0.2) is 62.7 Å². The Morgan fingerprint density at radius 1 is 1.12 bits per heavy atom. The molecule has 1 rings (SSSR count). The highest BCUT2D eigenvalue weighted by Crippen LogP contribution is 2.08. The second-order valence-electron chi connectivity index (χ2n) is 5.20. The molecule has 0 atom stereocenters. The first-order chi connectivity index (χ1) is 8.36. The molecule has 0 unspecified atom stereocenters. The Hall–Kier alpha value is -0.120. The zero-order chi connectivity index (χ0) is 12.3. The lowest BCUT2D eigenvalue weighted by atomic mass is 10.1. The Morgan fingerprint density at radius 3 is 2.53 bits per heavy atom. The molecule has 0 aromatic carbocycles. The topological polar surface area (TPSA) is 18.5 Å². The molecule has 0 spiro atoms. The van der Waals surface area contributed by atoms with Gasteiger partial charge >= 0.3 is 0 Å². The molecule has 3 nitrogen and oxygen atoms in total. The highest BCUT2D eigenvalue weighted by molar-refractivity contribution is 4.67. The lowest BCUT2D eigenvalue weighted by Gasteiger charge is -2.30. The number of rotatable bonds is 9. The highest BCUT2D eigenvalue weighted by atomic mass is 15.2. The van der Waals surface area contributed by atoms with Crippen LogP contribution in [0.2, 0.25) is 0 Å². The third-order valence-electron chi connectivity index (χ3n) is 3.62. The molecule has 0 aliphatic carbocycles. The van der Waals surface area contributed by atoms with Crippen LogP contribution in [0, 0.1) is 0 Å². The van der Waals surface area contributed by atoms with Crippen molar-refractivity contribution < 1.29 is 1.43 Å². The zero-order valence-electron chi connectivity index (χ0n) is 11.9. The minimum atomic E-state index is 0. The number of piperidine rings is 1. The van der Waals surface area contributed by atoms with E-state index in [0.29, 0.717) is 0 Å². The SMILES string of the molecule is CCCN(CCCNC)CCN1CCCCC1.[HH]. The smallest absolute Gasteiger partial charge is 0.0109 e. The van der Waals surface area contributed by atoms with Crippen molar-refractivity contribution >= 4 is 0 Å². The van der Waals surface area contributed by atoms with Gasteiger partial charge in [0.25, 0.3) is 0 Å². The van der Waals surface area contributed by atoms with Gasteiger partial charge in [0.05, 0.1) is 0 Å². The van der Waals surface area contributed by atoms with E-state index in [-0.39, 0.29) is 1.43 Å². The summed E-state index contributed by atoms with van der Waals surface area (Å²) in [6.45, 7) is 11.1. The Balaban J connectivity index is 0.00000289. The second-order valence-corrected chi connectivity index (χ2v) is 5.20. The Kier molecular flexibility index (Phi) is 8.67. The number of nitrogens with one attached hydrogen (secondary N) is 1. The molecule has 0 radical (unpaired) electrons. The lowest BCUT2D eigenvalue weighted by Crippen LogP contribution is -2.39. The minimum Gasteiger partial charge on any atom is -0.320 e. The molecular weight excluding hydrogens is 210 g/mol. The molecule has 0 aromatic heterocycles. The number of likely N-dealkylation sites (tertiary alicyclic amines) is 1. The van der Waals surface area contributed by atoms with Crippen molar-refractivity contribution in [3.05, 3.63) is 0 Å². The lowest BCUT2D eigenvalue weighted by molar-refractivity contribution is 0.180.